The molecule has 0 aromatic heterocycles. The Hall–Kier alpha value is -0.0800. The Morgan fingerprint density at radius 3 is 1.58 bits per heavy atom. The fourth-order valence-corrected chi connectivity index (χ4v) is 4.08. The Bertz CT molecular complexity index is 279. The molecule has 0 amide bonds. The van der Waals surface area contributed by atoms with Crippen LogP contribution in [-0.2, 0) is 9.84 Å². The molecule has 2 radical (unpaired) electrons. The maximum Gasteiger partial charge on any atom is 0.0954 e. The van der Waals surface area contributed by atoms with Gasteiger partial charge in [-0.3, -0.25) is 0 Å². The molecule has 0 N–H and O–H groups in total. The van der Waals surface area contributed by atoms with Crippen LogP contribution in [-0.4, -0.2) is 18.8 Å². The van der Waals surface area contributed by atoms with Crippen LogP contribution in [0.5, 0.6) is 0 Å². The first-order valence-electron chi connectivity index (χ1n) is 11.9. The molecule has 0 aliphatic heterocycles. The Kier molecular flexibility index (Phi) is 16.9. The molecule has 1 saturated carbocycles. The fourth-order valence-electron chi connectivity index (χ4n) is 4.08. The predicted octanol–water partition coefficient (Wildman–Crippen LogP) is 7.82. The van der Waals surface area contributed by atoms with Crippen molar-refractivity contribution in [3.63, 3.8) is 0 Å². The third-order valence-corrected chi connectivity index (χ3v) is 5.83. The van der Waals surface area contributed by atoms with Crippen molar-refractivity contribution in [1.29, 1.82) is 0 Å². The second-order valence-corrected chi connectivity index (χ2v) is 8.44. The molecule has 0 aromatic carbocycles. The van der Waals surface area contributed by atoms with Crippen molar-refractivity contribution >= 4 is 0 Å². The zero-order chi connectivity index (χ0) is 18.7. The third kappa shape index (κ3) is 15.0. The van der Waals surface area contributed by atoms with E-state index in [4.69, 9.17) is 4.74 Å². The second kappa shape index (κ2) is 18.3. The molecular weight excluding hydrogens is 320 g/mol. The molecule has 0 bridgehead atoms. The van der Waals surface area contributed by atoms with Crippen LogP contribution in [0, 0.1) is 6.92 Å². The molecule has 2 atom stereocenters. The van der Waals surface area contributed by atoms with Crippen LogP contribution in [0.15, 0.2) is 0 Å². The van der Waals surface area contributed by atoms with Gasteiger partial charge in [0.1, 0.15) is 0 Å². The van der Waals surface area contributed by atoms with E-state index in [1.807, 2.05) is 0 Å². The van der Waals surface area contributed by atoms with Crippen molar-refractivity contribution in [1.82, 2.24) is 0 Å². The highest BCUT2D eigenvalue weighted by Gasteiger charge is 2.21. The summed E-state index contributed by atoms with van der Waals surface area (Å²) >= 11 is 0. The highest BCUT2D eigenvalue weighted by atomic mass is 16.5. The van der Waals surface area contributed by atoms with Gasteiger partial charge in [0.05, 0.1) is 12.2 Å². The number of hydrogen-bond donors (Lipinski definition) is 0. The van der Waals surface area contributed by atoms with E-state index < -0.39 is 0 Å². The largest absolute Gasteiger partial charge is 0.378 e. The summed E-state index contributed by atoms with van der Waals surface area (Å²) in [7, 11) is 0. The van der Waals surface area contributed by atoms with E-state index in [2.05, 4.69) is 6.92 Å². The van der Waals surface area contributed by atoms with E-state index in [0.29, 0.717) is 0 Å². The number of hydrogen-bond acceptors (Lipinski definition) is 1. The fraction of sp³-hybridized carbons (Fsp3) is 0.958. The van der Waals surface area contributed by atoms with Gasteiger partial charge in [0.25, 0.3) is 0 Å². The van der Waals surface area contributed by atoms with Crippen LogP contribution in [0.25, 0.3) is 0 Å². The highest BCUT2D eigenvalue weighted by molar-refractivity contribution is 4.71. The summed E-state index contributed by atoms with van der Waals surface area (Å²) in [6.07, 6.45) is 25.6. The standard InChI is InChI=1S/C24H46O2/c1-2-3-4-5-6-7-8-9-10-11-12-13-14-15-16-17-21-26-24-20-18-19-23(25)22-24/h23-24H,1-22H2. The van der Waals surface area contributed by atoms with Crippen LogP contribution < -0.4 is 0 Å². The van der Waals surface area contributed by atoms with E-state index in [9.17, 15) is 5.11 Å². The Labute approximate surface area is 164 Å². The van der Waals surface area contributed by atoms with Gasteiger partial charge in [-0.2, -0.15) is 0 Å². The van der Waals surface area contributed by atoms with Crippen LogP contribution in [0.2, 0.25) is 0 Å². The smallest absolute Gasteiger partial charge is 0.0954 e. The molecule has 1 aliphatic rings. The Morgan fingerprint density at radius 1 is 0.654 bits per heavy atom. The minimum absolute atomic E-state index is 0.264. The SMILES string of the molecule is [CH2]CCCCCCCCCCCCCCCCCOC1CCCC([O])C1. The summed E-state index contributed by atoms with van der Waals surface area (Å²) in [5, 5.41) is 11.5. The van der Waals surface area contributed by atoms with Crippen molar-refractivity contribution < 1.29 is 9.84 Å². The first-order valence-corrected chi connectivity index (χ1v) is 11.9. The van der Waals surface area contributed by atoms with Crippen molar-refractivity contribution in [3.05, 3.63) is 6.92 Å². The molecular formula is C24H46O2. The Balaban J connectivity index is 1.68. The van der Waals surface area contributed by atoms with Gasteiger partial charge in [0, 0.05) is 13.0 Å². The molecule has 2 nitrogen and oxygen atoms in total. The Morgan fingerprint density at radius 2 is 1.12 bits per heavy atom. The van der Waals surface area contributed by atoms with E-state index >= 15 is 0 Å². The molecule has 1 fully saturated rings. The quantitative estimate of drug-likeness (QED) is 0.227. The normalized spacial score (nSPS) is 20.5. The second-order valence-electron chi connectivity index (χ2n) is 8.44. The van der Waals surface area contributed by atoms with Crippen molar-refractivity contribution in [2.45, 2.75) is 141 Å². The van der Waals surface area contributed by atoms with E-state index in [-0.39, 0.29) is 12.2 Å². The van der Waals surface area contributed by atoms with Crippen LogP contribution in [0.3, 0.4) is 0 Å². The molecule has 1 rings (SSSR count). The maximum atomic E-state index is 11.5. The lowest BCUT2D eigenvalue weighted by Gasteiger charge is -2.24. The minimum atomic E-state index is -0.364. The van der Waals surface area contributed by atoms with Gasteiger partial charge in [-0.1, -0.05) is 103 Å². The van der Waals surface area contributed by atoms with Gasteiger partial charge in [0.2, 0.25) is 0 Å². The van der Waals surface area contributed by atoms with E-state index in [1.165, 1.54) is 96.3 Å². The summed E-state index contributed by atoms with van der Waals surface area (Å²) in [6, 6.07) is 0. The van der Waals surface area contributed by atoms with Crippen LogP contribution >= 0.6 is 0 Å². The molecule has 154 valence electrons. The zero-order valence-electron chi connectivity index (χ0n) is 17.5. The van der Waals surface area contributed by atoms with Gasteiger partial charge >= 0.3 is 0 Å². The third-order valence-electron chi connectivity index (χ3n) is 5.83. The van der Waals surface area contributed by atoms with Gasteiger partial charge < -0.3 is 4.74 Å². The highest BCUT2D eigenvalue weighted by Crippen LogP contribution is 2.21. The molecule has 0 saturated heterocycles. The molecule has 0 spiro atoms. The van der Waals surface area contributed by atoms with Crippen molar-refractivity contribution in [3.8, 4) is 0 Å². The lowest BCUT2D eigenvalue weighted by molar-refractivity contribution is -0.0381. The van der Waals surface area contributed by atoms with E-state index in [0.717, 1.165) is 38.7 Å². The predicted molar refractivity (Wildman–Crippen MR) is 112 cm³/mol. The van der Waals surface area contributed by atoms with E-state index in [1.54, 1.807) is 0 Å². The summed E-state index contributed by atoms with van der Waals surface area (Å²) in [5.74, 6) is 0. The zero-order valence-corrected chi connectivity index (χ0v) is 17.5. The summed E-state index contributed by atoms with van der Waals surface area (Å²) < 4.78 is 5.87. The van der Waals surface area contributed by atoms with Gasteiger partial charge in [-0.15, -0.1) is 0 Å². The number of unbranched alkanes of at least 4 members (excludes halogenated alkanes) is 15. The lowest BCUT2D eigenvalue weighted by atomic mass is 9.95. The average molecular weight is 367 g/mol. The molecule has 0 heterocycles. The van der Waals surface area contributed by atoms with Crippen LogP contribution in [0.1, 0.15) is 128 Å². The monoisotopic (exact) mass is 366 g/mol. The first-order chi connectivity index (χ1) is 12.8. The van der Waals surface area contributed by atoms with Gasteiger partial charge in [-0.25, -0.2) is 5.11 Å². The molecule has 26 heavy (non-hydrogen) atoms. The summed E-state index contributed by atoms with van der Waals surface area (Å²) in [6.45, 7) is 4.77. The van der Waals surface area contributed by atoms with Crippen molar-refractivity contribution in [2.75, 3.05) is 6.61 Å². The minimum Gasteiger partial charge on any atom is -0.378 e. The molecule has 2 heteroatoms. The molecule has 2 unspecified atom stereocenters. The maximum absolute atomic E-state index is 11.5. The lowest BCUT2D eigenvalue weighted by Crippen LogP contribution is -2.25. The van der Waals surface area contributed by atoms with Crippen LogP contribution in [0.4, 0.5) is 0 Å². The average Bonchev–Trinajstić information content (AvgIpc) is 2.64. The summed E-state index contributed by atoms with van der Waals surface area (Å²) in [4.78, 5) is 0. The molecule has 0 aromatic rings. The summed E-state index contributed by atoms with van der Waals surface area (Å²) in [5.41, 5.74) is 0. The first kappa shape index (κ1) is 24.0. The molecule has 1 aliphatic carbocycles. The van der Waals surface area contributed by atoms with Gasteiger partial charge in [-0.05, 0) is 25.7 Å². The topological polar surface area (TPSA) is 29.1 Å². The number of rotatable bonds is 18. The van der Waals surface area contributed by atoms with Gasteiger partial charge in [0.15, 0.2) is 0 Å². The number of ether oxygens (including phenoxy) is 1. The van der Waals surface area contributed by atoms with Crippen molar-refractivity contribution in [2.24, 2.45) is 0 Å².